The molecule has 0 spiro atoms. The largest absolute Gasteiger partial charge is 1.00 e. The third kappa shape index (κ3) is 6.62. The average Bonchev–Trinajstić information content (AvgIpc) is 2.71. The van der Waals surface area contributed by atoms with Crippen molar-refractivity contribution >= 4 is 5.97 Å². The van der Waals surface area contributed by atoms with E-state index in [0.29, 0.717) is 12.1 Å². The molecule has 1 aromatic rings. The van der Waals surface area contributed by atoms with Crippen molar-refractivity contribution < 1.29 is 45.6 Å². The van der Waals surface area contributed by atoms with E-state index in [0.717, 1.165) is 45.2 Å². The molecule has 2 rings (SSSR count). The summed E-state index contributed by atoms with van der Waals surface area (Å²) in [6, 6.07) is 9.19. The van der Waals surface area contributed by atoms with Crippen molar-refractivity contribution in [3.8, 4) is 11.8 Å². The summed E-state index contributed by atoms with van der Waals surface area (Å²) in [4.78, 5) is 15.0. The Kier molecular flexibility index (Phi) is 11.3. The Morgan fingerprint density at radius 3 is 2.41 bits per heavy atom. The first-order chi connectivity index (χ1) is 12.6. The fraction of sp³-hybridized carbons (Fsp3) is 0.591. The first-order valence-electron chi connectivity index (χ1n) is 9.76. The van der Waals surface area contributed by atoms with Crippen molar-refractivity contribution in [1.82, 2.24) is 4.90 Å². The second kappa shape index (κ2) is 12.6. The maximum Gasteiger partial charge on any atom is 1.00 e. The van der Waals surface area contributed by atoms with Gasteiger partial charge in [-0.1, -0.05) is 75.3 Å². The summed E-state index contributed by atoms with van der Waals surface area (Å²) in [6.07, 6.45) is 4.92. The standard InChI is InChI=1S/C22H31NO3.Na.H/c1-3-23(4-2)17-11-12-18-26-21(24)22(25,19-13-7-5-8-14-19)20-15-9-6-10-16-20;;/h5,7-8,13-14,20,25H,3-4,6,9-10,15-18H2,1-2H3;;/q;+1;-1. The van der Waals surface area contributed by atoms with E-state index in [4.69, 9.17) is 4.74 Å². The van der Waals surface area contributed by atoms with E-state index >= 15 is 0 Å². The van der Waals surface area contributed by atoms with Gasteiger partial charge in [0.1, 0.15) is 0 Å². The monoisotopic (exact) mass is 381 g/mol. The molecule has 1 aliphatic rings. The zero-order valence-electron chi connectivity index (χ0n) is 18.0. The molecule has 1 fully saturated rings. The maximum atomic E-state index is 12.8. The van der Waals surface area contributed by atoms with E-state index in [1.54, 1.807) is 0 Å². The second-order valence-corrected chi connectivity index (χ2v) is 6.86. The van der Waals surface area contributed by atoms with Crippen molar-refractivity contribution in [2.45, 2.75) is 51.6 Å². The number of hydrogen-bond donors (Lipinski definition) is 1. The molecule has 1 aromatic carbocycles. The number of ether oxygens (including phenoxy) is 1. The smallest absolute Gasteiger partial charge is 1.00 e. The molecule has 0 heterocycles. The Balaban J connectivity index is 0.00000364. The Hall–Kier alpha value is -0.830. The van der Waals surface area contributed by atoms with Crippen molar-refractivity contribution in [3.05, 3.63) is 35.9 Å². The number of esters is 1. The van der Waals surface area contributed by atoms with Gasteiger partial charge in [0.2, 0.25) is 0 Å². The van der Waals surface area contributed by atoms with Crippen LogP contribution in [0.15, 0.2) is 30.3 Å². The molecule has 0 amide bonds. The molecule has 4 nitrogen and oxygen atoms in total. The number of nitrogens with zero attached hydrogens (tertiary/aromatic N) is 1. The van der Waals surface area contributed by atoms with Gasteiger partial charge < -0.3 is 11.3 Å². The van der Waals surface area contributed by atoms with Gasteiger partial charge in [-0.3, -0.25) is 4.90 Å². The zero-order valence-corrected chi connectivity index (χ0v) is 19.0. The Morgan fingerprint density at radius 2 is 1.81 bits per heavy atom. The van der Waals surface area contributed by atoms with E-state index in [-0.39, 0.29) is 43.5 Å². The van der Waals surface area contributed by atoms with Gasteiger partial charge in [0, 0.05) is 5.92 Å². The van der Waals surface area contributed by atoms with Gasteiger partial charge >= 0.3 is 35.5 Å². The van der Waals surface area contributed by atoms with E-state index in [2.05, 4.69) is 30.6 Å². The van der Waals surface area contributed by atoms with Crippen LogP contribution in [-0.4, -0.2) is 42.2 Å². The van der Waals surface area contributed by atoms with Gasteiger partial charge in [0.05, 0.1) is 6.54 Å². The van der Waals surface area contributed by atoms with Crippen LogP contribution >= 0.6 is 0 Å². The Labute approximate surface area is 187 Å². The number of benzene rings is 1. The predicted molar refractivity (Wildman–Crippen MR) is 105 cm³/mol. The molecule has 1 unspecified atom stereocenters. The van der Waals surface area contributed by atoms with Crippen LogP contribution in [0.3, 0.4) is 0 Å². The van der Waals surface area contributed by atoms with Gasteiger partial charge in [0.25, 0.3) is 0 Å². The van der Waals surface area contributed by atoms with Crippen molar-refractivity contribution in [2.24, 2.45) is 5.92 Å². The van der Waals surface area contributed by atoms with Crippen LogP contribution in [0, 0.1) is 17.8 Å². The molecule has 144 valence electrons. The molecular formula is C22H32NNaO3. The molecule has 0 aromatic heterocycles. The molecule has 0 radical (unpaired) electrons. The molecule has 1 saturated carbocycles. The van der Waals surface area contributed by atoms with Gasteiger partial charge in [-0.15, -0.1) is 0 Å². The second-order valence-electron chi connectivity index (χ2n) is 6.86. The molecule has 0 bridgehead atoms. The van der Waals surface area contributed by atoms with E-state index in [9.17, 15) is 9.90 Å². The summed E-state index contributed by atoms with van der Waals surface area (Å²) in [5.41, 5.74) is -0.963. The van der Waals surface area contributed by atoms with Crippen LogP contribution in [0.5, 0.6) is 0 Å². The molecule has 27 heavy (non-hydrogen) atoms. The summed E-state index contributed by atoms with van der Waals surface area (Å²) in [5, 5.41) is 11.4. The first-order valence-corrected chi connectivity index (χ1v) is 9.76. The fourth-order valence-corrected chi connectivity index (χ4v) is 3.61. The van der Waals surface area contributed by atoms with Crippen LogP contribution in [-0.2, 0) is 15.1 Å². The third-order valence-corrected chi connectivity index (χ3v) is 5.32. The molecule has 1 atom stereocenters. The van der Waals surface area contributed by atoms with Crippen molar-refractivity contribution in [3.63, 3.8) is 0 Å². The summed E-state index contributed by atoms with van der Waals surface area (Å²) in [6.45, 7) is 6.75. The van der Waals surface area contributed by atoms with Gasteiger partial charge in [-0.2, -0.15) is 0 Å². The van der Waals surface area contributed by atoms with Crippen molar-refractivity contribution in [2.75, 3.05) is 26.2 Å². The molecule has 5 heteroatoms. The molecular weight excluding hydrogens is 349 g/mol. The molecule has 1 aliphatic carbocycles. The summed E-state index contributed by atoms with van der Waals surface area (Å²) >= 11 is 0. The number of hydrogen-bond acceptors (Lipinski definition) is 4. The van der Waals surface area contributed by atoms with Gasteiger partial charge in [-0.25, -0.2) is 4.79 Å². The summed E-state index contributed by atoms with van der Waals surface area (Å²) in [5.74, 6) is 5.25. The number of carbonyl (C=O) groups is 1. The number of carbonyl (C=O) groups excluding carboxylic acids is 1. The zero-order chi connectivity index (χ0) is 18.8. The minimum Gasteiger partial charge on any atom is -1.00 e. The topological polar surface area (TPSA) is 49.8 Å². The van der Waals surface area contributed by atoms with E-state index in [1.165, 1.54) is 0 Å². The average molecular weight is 381 g/mol. The van der Waals surface area contributed by atoms with Crippen LogP contribution in [0.4, 0.5) is 0 Å². The van der Waals surface area contributed by atoms with Crippen LogP contribution < -0.4 is 29.6 Å². The van der Waals surface area contributed by atoms with Crippen LogP contribution in [0.25, 0.3) is 0 Å². The maximum absolute atomic E-state index is 12.8. The summed E-state index contributed by atoms with van der Waals surface area (Å²) < 4.78 is 5.38. The van der Waals surface area contributed by atoms with Gasteiger partial charge in [-0.05, 0) is 31.5 Å². The molecule has 0 aliphatic heterocycles. The molecule has 0 saturated heterocycles. The van der Waals surface area contributed by atoms with Crippen LogP contribution in [0.1, 0.15) is 52.9 Å². The predicted octanol–water partition coefficient (Wildman–Crippen LogP) is 0.459. The van der Waals surface area contributed by atoms with Crippen LogP contribution in [0.2, 0.25) is 0 Å². The van der Waals surface area contributed by atoms with Gasteiger partial charge in [0.15, 0.2) is 12.2 Å². The minimum absolute atomic E-state index is 0. The fourth-order valence-electron chi connectivity index (χ4n) is 3.61. The molecule has 1 N–H and O–H groups in total. The third-order valence-electron chi connectivity index (χ3n) is 5.32. The Bertz CT molecular complexity index is 622. The number of aliphatic hydroxyl groups is 1. The van der Waals surface area contributed by atoms with E-state index in [1.807, 2.05) is 30.3 Å². The first kappa shape index (κ1) is 24.2. The quantitative estimate of drug-likeness (QED) is 0.424. The van der Waals surface area contributed by atoms with E-state index < -0.39 is 11.6 Å². The normalized spacial score (nSPS) is 16.6. The summed E-state index contributed by atoms with van der Waals surface area (Å²) in [7, 11) is 0. The Morgan fingerprint density at radius 1 is 1.19 bits per heavy atom. The SMILES string of the molecule is CCN(CC)CC#CCOC(=O)C(O)(c1ccccc1)C1CCCCC1.[H-].[Na+]. The number of rotatable bonds is 7. The minimum atomic E-state index is -1.58. The van der Waals surface area contributed by atoms with Crippen molar-refractivity contribution in [1.29, 1.82) is 0 Å².